The second-order valence-corrected chi connectivity index (χ2v) is 6.90. The van der Waals surface area contributed by atoms with Crippen LogP contribution in [0, 0.1) is 5.82 Å². The first kappa shape index (κ1) is 17.1. The average Bonchev–Trinajstić information content (AvgIpc) is 3.19. The van der Waals surface area contributed by atoms with Gasteiger partial charge in [0.05, 0.1) is 10.2 Å². The molecule has 1 aliphatic rings. The Kier molecular flexibility index (Phi) is 4.28. The van der Waals surface area contributed by atoms with E-state index in [0.717, 1.165) is 9.60 Å². The fourth-order valence-electron chi connectivity index (χ4n) is 2.70. The van der Waals surface area contributed by atoms with Gasteiger partial charge in [0.25, 0.3) is 0 Å². The van der Waals surface area contributed by atoms with Crippen LogP contribution < -0.4 is 15.5 Å². The molecule has 4 amide bonds. The predicted molar refractivity (Wildman–Crippen MR) is 100 cm³/mol. The van der Waals surface area contributed by atoms with Gasteiger partial charge in [-0.05, 0) is 42.5 Å². The molecule has 0 atom stereocenters. The number of aromatic nitrogens is 1. The standard InChI is InChI=1S/C18H13FN4O3S/c19-10-1-3-11(4-2-10)20-17(26)21-12-5-6-13-14(9-12)27-18(22-13)23-15(24)7-8-16(23)25/h1-6,9H,7-8H2,(H2,20,21,26). The largest absolute Gasteiger partial charge is 0.323 e. The molecule has 1 aliphatic heterocycles. The van der Waals surface area contributed by atoms with Crippen LogP contribution in [-0.4, -0.2) is 22.8 Å². The molecule has 1 aromatic heterocycles. The van der Waals surface area contributed by atoms with Gasteiger partial charge in [-0.1, -0.05) is 11.3 Å². The van der Waals surface area contributed by atoms with Crippen LogP contribution in [-0.2, 0) is 9.59 Å². The van der Waals surface area contributed by atoms with E-state index in [-0.39, 0.29) is 30.5 Å². The molecular formula is C18H13FN4O3S. The van der Waals surface area contributed by atoms with Gasteiger partial charge in [-0.25, -0.2) is 19.1 Å². The molecule has 0 bridgehead atoms. The molecule has 3 aromatic rings. The summed E-state index contributed by atoms with van der Waals surface area (Å²) in [7, 11) is 0. The van der Waals surface area contributed by atoms with Crippen molar-refractivity contribution in [3.63, 3.8) is 0 Å². The number of fused-ring (bicyclic) bond motifs is 1. The van der Waals surface area contributed by atoms with Crippen molar-refractivity contribution in [1.29, 1.82) is 0 Å². The van der Waals surface area contributed by atoms with Crippen LogP contribution in [0.1, 0.15) is 12.8 Å². The van der Waals surface area contributed by atoms with Gasteiger partial charge in [0.1, 0.15) is 5.82 Å². The molecule has 2 aromatic carbocycles. The van der Waals surface area contributed by atoms with Crippen LogP contribution in [0.3, 0.4) is 0 Å². The van der Waals surface area contributed by atoms with Gasteiger partial charge in [0.15, 0.2) is 5.13 Å². The van der Waals surface area contributed by atoms with Crippen molar-refractivity contribution in [3.8, 4) is 0 Å². The summed E-state index contributed by atoms with van der Waals surface area (Å²) in [6.07, 6.45) is 0.399. The molecule has 0 spiro atoms. The highest BCUT2D eigenvalue weighted by molar-refractivity contribution is 7.22. The van der Waals surface area contributed by atoms with Crippen molar-refractivity contribution in [2.45, 2.75) is 12.8 Å². The fraction of sp³-hybridized carbons (Fsp3) is 0.111. The Bertz CT molecular complexity index is 1050. The molecular weight excluding hydrogens is 371 g/mol. The average molecular weight is 384 g/mol. The Labute approximate surface area is 156 Å². The minimum Gasteiger partial charge on any atom is -0.308 e. The minimum absolute atomic E-state index is 0.200. The monoisotopic (exact) mass is 384 g/mol. The zero-order valence-corrected chi connectivity index (χ0v) is 14.7. The van der Waals surface area contributed by atoms with Gasteiger partial charge in [-0.3, -0.25) is 9.59 Å². The molecule has 2 heterocycles. The number of anilines is 3. The third kappa shape index (κ3) is 3.49. The van der Waals surface area contributed by atoms with Crippen molar-refractivity contribution in [2.24, 2.45) is 0 Å². The Morgan fingerprint density at radius 1 is 1.00 bits per heavy atom. The molecule has 0 saturated carbocycles. The quantitative estimate of drug-likeness (QED) is 0.673. The normalized spacial score (nSPS) is 14.0. The summed E-state index contributed by atoms with van der Waals surface area (Å²) >= 11 is 1.21. The SMILES string of the molecule is O=C(Nc1ccc(F)cc1)Nc1ccc2nc(N3C(=O)CCC3=O)sc2c1. The van der Waals surface area contributed by atoms with E-state index in [0.29, 0.717) is 22.0 Å². The summed E-state index contributed by atoms with van der Waals surface area (Å²) in [5, 5.41) is 5.62. The number of carbonyl (C=O) groups is 3. The first-order chi connectivity index (χ1) is 13.0. The molecule has 0 radical (unpaired) electrons. The van der Waals surface area contributed by atoms with Gasteiger partial charge >= 0.3 is 6.03 Å². The van der Waals surface area contributed by atoms with Gasteiger partial charge in [0, 0.05) is 24.2 Å². The van der Waals surface area contributed by atoms with E-state index in [2.05, 4.69) is 15.6 Å². The molecule has 0 unspecified atom stereocenters. The van der Waals surface area contributed by atoms with E-state index in [4.69, 9.17) is 0 Å². The molecule has 7 nitrogen and oxygen atoms in total. The maximum atomic E-state index is 12.9. The summed E-state index contributed by atoms with van der Waals surface area (Å²) in [6, 6.07) is 10.0. The number of rotatable bonds is 3. The number of nitrogens with zero attached hydrogens (tertiary/aromatic N) is 2. The topological polar surface area (TPSA) is 91.4 Å². The van der Waals surface area contributed by atoms with Crippen molar-refractivity contribution < 1.29 is 18.8 Å². The van der Waals surface area contributed by atoms with Gasteiger partial charge < -0.3 is 10.6 Å². The number of hydrogen-bond acceptors (Lipinski definition) is 5. The summed E-state index contributed by atoms with van der Waals surface area (Å²) in [6.45, 7) is 0. The van der Waals surface area contributed by atoms with Crippen molar-refractivity contribution >= 4 is 55.9 Å². The molecule has 1 saturated heterocycles. The lowest BCUT2D eigenvalue weighted by Gasteiger charge is -2.07. The Morgan fingerprint density at radius 2 is 1.63 bits per heavy atom. The summed E-state index contributed by atoms with van der Waals surface area (Å²) in [5.41, 5.74) is 1.62. The number of urea groups is 1. The molecule has 4 rings (SSSR count). The van der Waals surface area contributed by atoms with Gasteiger partial charge in [0.2, 0.25) is 11.8 Å². The third-order valence-corrected chi connectivity index (χ3v) is 4.98. The van der Waals surface area contributed by atoms with E-state index >= 15 is 0 Å². The summed E-state index contributed by atoms with van der Waals surface area (Å²) < 4.78 is 13.6. The van der Waals surface area contributed by atoms with E-state index < -0.39 is 6.03 Å². The van der Waals surface area contributed by atoms with Crippen molar-refractivity contribution in [3.05, 3.63) is 48.3 Å². The first-order valence-corrected chi connectivity index (χ1v) is 8.91. The number of nitrogens with one attached hydrogen (secondary N) is 2. The van der Waals surface area contributed by atoms with Crippen LogP contribution in [0.4, 0.5) is 25.7 Å². The number of halogens is 1. The second-order valence-electron chi connectivity index (χ2n) is 5.89. The lowest BCUT2D eigenvalue weighted by molar-refractivity contribution is -0.121. The maximum Gasteiger partial charge on any atom is 0.323 e. The number of benzene rings is 2. The number of thiazole rings is 1. The first-order valence-electron chi connectivity index (χ1n) is 8.09. The number of imide groups is 1. The van der Waals surface area contributed by atoms with E-state index in [9.17, 15) is 18.8 Å². The Morgan fingerprint density at radius 3 is 2.33 bits per heavy atom. The van der Waals surface area contributed by atoms with E-state index in [1.165, 1.54) is 35.6 Å². The zero-order valence-electron chi connectivity index (χ0n) is 13.9. The lowest BCUT2D eigenvalue weighted by atomic mass is 10.3. The van der Waals surface area contributed by atoms with Crippen LogP contribution in [0.2, 0.25) is 0 Å². The van der Waals surface area contributed by atoms with Crippen LogP contribution in [0.15, 0.2) is 42.5 Å². The van der Waals surface area contributed by atoms with Crippen molar-refractivity contribution in [1.82, 2.24) is 4.98 Å². The van der Waals surface area contributed by atoms with E-state index in [1.807, 2.05) is 0 Å². The number of amides is 4. The Balaban J connectivity index is 1.51. The highest BCUT2D eigenvalue weighted by Crippen LogP contribution is 2.33. The lowest BCUT2D eigenvalue weighted by Crippen LogP contribution is -2.28. The molecule has 1 fully saturated rings. The van der Waals surface area contributed by atoms with Gasteiger partial charge in [-0.2, -0.15) is 0 Å². The molecule has 0 aliphatic carbocycles. The zero-order chi connectivity index (χ0) is 19.0. The molecule has 9 heteroatoms. The second kappa shape index (κ2) is 6.76. The Hall–Kier alpha value is -3.33. The maximum absolute atomic E-state index is 12.9. The van der Waals surface area contributed by atoms with Crippen LogP contribution in [0.5, 0.6) is 0 Å². The highest BCUT2D eigenvalue weighted by Gasteiger charge is 2.32. The molecule has 27 heavy (non-hydrogen) atoms. The molecule has 136 valence electrons. The number of hydrogen-bond donors (Lipinski definition) is 2. The van der Waals surface area contributed by atoms with Crippen molar-refractivity contribution in [2.75, 3.05) is 15.5 Å². The third-order valence-electron chi connectivity index (χ3n) is 3.98. The highest BCUT2D eigenvalue weighted by atomic mass is 32.1. The van der Waals surface area contributed by atoms with Crippen LogP contribution in [0.25, 0.3) is 10.2 Å². The minimum atomic E-state index is -0.476. The predicted octanol–water partition coefficient (Wildman–Crippen LogP) is 3.73. The van der Waals surface area contributed by atoms with Gasteiger partial charge in [-0.15, -0.1) is 0 Å². The molecule has 2 N–H and O–H groups in total. The summed E-state index contributed by atoms with van der Waals surface area (Å²) in [4.78, 5) is 41.2. The van der Waals surface area contributed by atoms with Crippen LogP contribution >= 0.6 is 11.3 Å². The smallest absolute Gasteiger partial charge is 0.308 e. The van der Waals surface area contributed by atoms with E-state index in [1.54, 1.807) is 18.2 Å². The number of carbonyl (C=O) groups excluding carboxylic acids is 3. The fourth-order valence-corrected chi connectivity index (χ4v) is 3.74. The summed E-state index contributed by atoms with van der Waals surface area (Å²) in [5.74, 6) is -0.894.